The first-order valence-corrected chi connectivity index (χ1v) is 3.72. The minimum atomic E-state index is -0.552. The van der Waals surface area contributed by atoms with Crippen molar-refractivity contribution in [1.29, 1.82) is 0 Å². The molecular weight excluding hydrogens is 126 g/mol. The van der Waals surface area contributed by atoms with Crippen molar-refractivity contribution in [3.8, 4) is 0 Å². The largest absolute Gasteiger partial charge is 0.313 e. The number of hydrogen-bond acceptors (Lipinski definition) is 3. The summed E-state index contributed by atoms with van der Waals surface area (Å²) >= 11 is 0. The van der Waals surface area contributed by atoms with E-state index in [2.05, 4.69) is 11.8 Å². The summed E-state index contributed by atoms with van der Waals surface area (Å²) in [5.41, 5.74) is 10.7. The molecule has 3 heteroatoms. The molecule has 0 aromatic heterocycles. The third-order valence-corrected chi connectivity index (χ3v) is 1.22. The highest BCUT2D eigenvalue weighted by atomic mass is 15.1. The monoisotopic (exact) mass is 145 g/mol. The first-order chi connectivity index (χ1) is 4.45. The quantitative estimate of drug-likeness (QED) is 0.546. The van der Waals surface area contributed by atoms with Gasteiger partial charge in [-0.2, -0.15) is 0 Å². The van der Waals surface area contributed by atoms with Gasteiger partial charge in [0.15, 0.2) is 0 Å². The molecule has 0 rings (SSSR count). The van der Waals surface area contributed by atoms with Gasteiger partial charge in [-0.3, -0.25) is 0 Å². The summed E-state index contributed by atoms with van der Waals surface area (Å²) in [4.78, 5) is 2.14. The van der Waals surface area contributed by atoms with Crippen LogP contribution in [0.3, 0.4) is 0 Å². The summed E-state index contributed by atoms with van der Waals surface area (Å²) < 4.78 is 0. The minimum Gasteiger partial charge on any atom is -0.313 e. The van der Waals surface area contributed by atoms with Crippen LogP contribution in [-0.4, -0.2) is 30.7 Å². The summed E-state index contributed by atoms with van der Waals surface area (Å²) in [6.45, 7) is 5.78. The van der Waals surface area contributed by atoms with Crippen molar-refractivity contribution >= 4 is 0 Å². The molecule has 10 heavy (non-hydrogen) atoms. The molecule has 0 atom stereocenters. The van der Waals surface area contributed by atoms with Gasteiger partial charge in [0.1, 0.15) is 0 Å². The fourth-order valence-electron chi connectivity index (χ4n) is 1.04. The lowest BCUT2D eigenvalue weighted by molar-refractivity contribution is 0.262. The molecule has 0 unspecified atom stereocenters. The average Bonchev–Trinajstić information content (AvgIpc) is 1.59. The van der Waals surface area contributed by atoms with Gasteiger partial charge in [-0.05, 0) is 26.9 Å². The molecule has 0 bridgehead atoms. The number of nitrogens with two attached hydrogens (primary N) is 2. The molecule has 0 heterocycles. The molecule has 3 nitrogen and oxygen atoms in total. The zero-order chi connectivity index (χ0) is 8.20. The summed E-state index contributed by atoms with van der Waals surface area (Å²) in [5, 5.41) is 0. The molecule has 0 spiro atoms. The molecule has 0 aliphatic carbocycles. The van der Waals surface area contributed by atoms with Gasteiger partial charge in [-0.15, -0.1) is 0 Å². The van der Waals surface area contributed by atoms with Gasteiger partial charge in [-0.25, -0.2) is 0 Å². The topological polar surface area (TPSA) is 55.3 Å². The number of likely N-dealkylation sites (N-methyl/N-ethyl adjacent to an activating group) is 1. The SMILES string of the molecule is CCCN(C)CC(C)(N)N. The van der Waals surface area contributed by atoms with Gasteiger partial charge >= 0.3 is 0 Å². The van der Waals surface area contributed by atoms with E-state index in [1.165, 1.54) is 0 Å². The fourth-order valence-corrected chi connectivity index (χ4v) is 1.04. The zero-order valence-electron chi connectivity index (χ0n) is 7.22. The second-order valence-electron chi connectivity index (χ2n) is 3.24. The normalized spacial score (nSPS) is 12.6. The fraction of sp³-hybridized carbons (Fsp3) is 1.00. The molecule has 0 aliphatic heterocycles. The zero-order valence-corrected chi connectivity index (χ0v) is 7.22. The van der Waals surface area contributed by atoms with Crippen molar-refractivity contribution in [3.63, 3.8) is 0 Å². The van der Waals surface area contributed by atoms with Crippen molar-refractivity contribution < 1.29 is 0 Å². The van der Waals surface area contributed by atoms with E-state index >= 15 is 0 Å². The summed E-state index contributed by atoms with van der Waals surface area (Å²) in [5.74, 6) is 0. The van der Waals surface area contributed by atoms with E-state index in [4.69, 9.17) is 11.5 Å². The van der Waals surface area contributed by atoms with Crippen LogP contribution in [-0.2, 0) is 0 Å². The predicted molar refractivity (Wildman–Crippen MR) is 44.6 cm³/mol. The molecule has 0 aromatic rings. The Morgan fingerprint density at radius 2 is 1.90 bits per heavy atom. The maximum absolute atomic E-state index is 5.60. The van der Waals surface area contributed by atoms with Gasteiger partial charge in [0.25, 0.3) is 0 Å². The highest BCUT2D eigenvalue weighted by molar-refractivity contribution is 4.73. The van der Waals surface area contributed by atoms with Crippen molar-refractivity contribution in [2.45, 2.75) is 25.9 Å². The number of rotatable bonds is 4. The van der Waals surface area contributed by atoms with Gasteiger partial charge in [0.2, 0.25) is 0 Å². The Labute approximate surface area is 63.4 Å². The van der Waals surface area contributed by atoms with E-state index in [0.29, 0.717) is 0 Å². The Hall–Kier alpha value is -0.120. The van der Waals surface area contributed by atoms with Crippen molar-refractivity contribution in [2.75, 3.05) is 20.1 Å². The molecule has 0 aliphatic rings. The van der Waals surface area contributed by atoms with Crippen LogP contribution in [0, 0.1) is 0 Å². The maximum Gasteiger partial charge on any atom is 0.0738 e. The van der Waals surface area contributed by atoms with Crippen molar-refractivity contribution in [2.24, 2.45) is 11.5 Å². The Morgan fingerprint density at radius 1 is 1.40 bits per heavy atom. The standard InChI is InChI=1S/C7H19N3/c1-4-5-10(3)6-7(2,8)9/h4-6,8-9H2,1-3H3. The lowest BCUT2D eigenvalue weighted by Gasteiger charge is -2.25. The predicted octanol–water partition coefficient (Wildman–Crippen LogP) is -0.0382. The lowest BCUT2D eigenvalue weighted by atomic mass is 10.2. The lowest BCUT2D eigenvalue weighted by Crippen LogP contribution is -2.54. The van der Waals surface area contributed by atoms with Crippen LogP contribution in [0.5, 0.6) is 0 Å². The summed E-state index contributed by atoms with van der Waals surface area (Å²) in [6.07, 6.45) is 1.15. The second kappa shape index (κ2) is 3.91. The van der Waals surface area contributed by atoms with Gasteiger partial charge in [0, 0.05) is 6.54 Å². The highest BCUT2D eigenvalue weighted by Crippen LogP contribution is 1.93. The molecule has 0 amide bonds. The first kappa shape index (κ1) is 9.88. The Bertz CT molecular complexity index is 85.3. The third kappa shape index (κ3) is 6.01. The molecule has 0 radical (unpaired) electrons. The van der Waals surface area contributed by atoms with Crippen molar-refractivity contribution in [1.82, 2.24) is 4.90 Å². The van der Waals surface area contributed by atoms with E-state index < -0.39 is 5.66 Å². The summed E-state index contributed by atoms with van der Waals surface area (Å²) in [7, 11) is 2.03. The van der Waals surface area contributed by atoms with E-state index in [1.807, 2.05) is 14.0 Å². The molecule has 62 valence electrons. The second-order valence-corrected chi connectivity index (χ2v) is 3.24. The van der Waals surface area contributed by atoms with E-state index in [-0.39, 0.29) is 0 Å². The molecule has 4 N–H and O–H groups in total. The molecular formula is C7H19N3. The van der Waals surface area contributed by atoms with E-state index in [0.717, 1.165) is 19.5 Å². The summed E-state index contributed by atoms with van der Waals surface area (Å²) in [6, 6.07) is 0. The van der Waals surface area contributed by atoms with Crippen LogP contribution in [0.2, 0.25) is 0 Å². The van der Waals surface area contributed by atoms with Crippen LogP contribution in [0.15, 0.2) is 0 Å². The van der Waals surface area contributed by atoms with Crippen LogP contribution in [0.25, 0.3) is 0 Å². The van der Waals surface area contributed by atoms with Crippen LogP contribution >= 0.6 is 0 Å². The number of hydrogen-bond donors (Lipinski definition) is 2. The van der Waals surface area contributed by atoms with Gasteiger partial charge in [-0.1, -0.05) is 6.92 Å². The third-order valence-electron chi connectivity index (χ3n) is 1.22. The Balaban J connectivity index is 3.47. The van der Waals surface area contributed by atoms with Crippen LogP contribution in [0.4, 0.5) is 0 Å². The maximum atomic E-state index is 5.60. The van der Waals surface area contributed by atoms with Crippen molar-refractivity contribution in [3.05, 3.63) is 0 Å². The Kier molecular flexibility index (Phi) is 3.86. The molecule has 0 aromatic carbocycles. The molecule has 0 saturated heterocycles. The van der Waals surface area contributed by atoms with Gasteiger partial charge < -0.3 is 16.4 Å². The average molecular weight is 145 g/mol. The Morgan fingerprint density at radius 3 is 2.20 bits per heavy atom. The first-order valence-electron chi connectivity index (χ1n) is 3.72. The minimum absolute atomic E-state index is 0.552. The highest BCUT2D eigenvalue weighted by Gasteiger charge is 2.12. The molecule has 0 saturated carbocycles. The van der Waals surface area contributed by atoms with Gasteiger partial charge in [0.05, 0.1) is 5.66 Å². The smallest absolute Gasteiger partial charge is 0.0738 e. The molecule has 0 fully saturated rings. The van der Waals surface area contributed by atoms with Crippen LogP contribution < -0.4 is 11.5 Å². The number of nitrogens with zero attached hydrogens (tertiary/aromatic N) is 1. The van der Waals surface area contributed by atoms with E-state index in [1.54, 1.807) is 0 Å². The van der Waals surface area contributed by atoms with Crippen LogP contribution in [0.1, 0.15) is 20.3 Å². The van der Waals surface area contributed by atoms with E-state index in [9.17, 15) is 0 Å².